The standard InChI is InChI=1S/C14H16ClN3O2/c1-8(2)11-10-7-16-14(15)17-12(10)18(13(11)19)9-3-5-20-6-4-9/h7,9H,3-6H2,1-2H3. The lowest BCUT2D eigenvalue weighted by atomic mass is 10.1. The zero-order valence-electron chi connectivity index (χ0n) is 11.5. The molecule has 1 amide bonds. The number of hydrogen-bond acceptors (Lipinski definition) is 4. The van der Waals surface area contributed by atoms with Crippen molar-refractivity contribution in [3.8, 4) is 0 Å². The van der Waals surface area contributed by atoms with E-state index >= 15 is 0 Å². The van der Waals surface area contributed by atoms with Crippen molar-refractivity contribution in [3.63, 3.8) is 0 Å². The lowest BCUT2D eigenvalue weighted by Gasteiger charge is -2.30. The van der Waals surface area contributed by atoms with Gasteiger partial charge in [-0.1, -0.05) is 5.57 Å². The maximum absolute atomic E-state index is 12.7. The summed E-state index contributed by atoms with van der Waals surface area (Å²) >= 11 is 5.90. The molecule has 6 heteroatoms. The number of halogens is 1. The Balaban J connectivity index is 2.10. The first-order valence-corrected chi connectivity index (χ1v) is 7.09. The number of ether oxygens (including phenoxy) is 1. The summed E-state index contributed by atoms with van der Waals surface area (Å²) in [5.74, 6) is 0.640. The maximum Gasteiger partial charge on any atom is 0.260 e. The van der Waals surface area contributed by atoms with Gasteiger partial charge in [-0.15, -0.1) is 0 Å². The molecule has 0 saturated carbocycles. The molecule has 0 aromatic carbocycles. The monoisotopic (exact) mass is 293 g/mol. The van der Waals surface area contributed by atoms with E-state index in [1.807, 2.05) is 13.8 Å². The third kappa shape index (κ3) is 2.11. The zero-order valence-corrected chi connectivity index (χ0v) is 12.3. The number of nitrogens with zero attached hydrogens (tertiary/aromatic N) is 3. The van der Waals surface area contributed by atoms with Crippen LogP contribution in [0.1, 0.15) is 32.3 Å². The van der Waals surface area contributed by atoms with Crippen LogP contribution in [0.2, 0.25) is 5.28 Å². The SMILES string of the molecule is CC(C)=C1C(=O)N(C2CCOCC2)c2nc(Cl)ncc21. The number of allylic oxidation sites excluding steroid dienone is 1. The zero-order chi connectivity index (χ0) is 14.3. The second-order valence-electron chi connectivity index (χ2n) is 5.27. The molecule has 1 aromatic heterocycles. The van der Waals surface area contributed by atoms with Gasteiger partial charge in [-0.05, 0) is 38.3 Å². The number of fused-ring (bicyclic) bond motifs is 1. The number of hydrogen-bond donors (Lipinski definition) is 0. The highest BCUT2D eigenvalue weighted by molar-refractivity contribution is 6.33. The summed E-state index contributed by atoms with van der Waals surface area (Å²) in [6.45, 7) is 5.21. The van der Waals surface area contributed by atoms with E-state index in [-0.39, 0.29) is 17.2 Å². The van der Waals surface area contributed by atoms with Gasteiger partial charge in [-0.3, -0.25) is 9.69 Å². The molecule has 0 radical (unpaired) electrons. The Morgan fingerprint density at radius 2 is 2.10 bits per heavy atom. The van der Waals surface area contributed by atoms with Gasteiger partial charge < -0.3 is 4.74 Å². The number of amides is 1. The highest BCUT2D eigenvalue weighted by atomic mass is 35.5. The van der Waals surface area contributed by atoms with Crippen molar-refractivity contribution >= 4 is 28.9 Å². The molecule has 106 valence electrons. The lowest BCUT2D eigenvalue weighted by molar-refractivity contribution is -0.113. The van der Waals surface area contributed by atoms with Crippen molar-refractivity contribution < 1.29 is 9.53 Å². The summed E-state index contributed by atoms with van der Waals surface area (Å²) in [5.41, 5.74) is 2.45. The minimum absolute atomic E-state index is 0.00321. The maximum atomic E-state index is 12.7. The molecule has 2 aliphatic heterocycles. The number of carbonyl (C=O) groups excluding carboxylic acids is 1. The molecule has 0 spiro atoms. The summed E-state index contributed by atoms with van der Waals surface area (Å²) in [6, 6.07) is 0.123. The van der Waals surface area contributed by atoms with Crippen molar-refractivity contribution in [2.24, 2.45) is 0 Å². The Kier molecular flexibility index (Phi) is 3.48. The van der Waals surface area contributed by atoms with E-state index in [2.05, 4.69) is 9.97 Å². The van der Waals surface area contributed by atoms with Gasteiger partial charge >= 0.3 is 0 Å². The molecule has 0 unspecified atom stereocenters. The van der Waals surface area contributed by atoms with E-state index in [1.54, 1.807) is 11.1 Å². The van der Waals surface area contributed by atoms with E-state index in [0.717, 1.165) is 24.0 Å². The van der Waals surface area contributed by atoms with Gasteiger partial charge in [0.2, 0.25) is 5.28 Å². The minimum Gasteiger partial charge on any atom is -0.381 e. The second-order valence-corrected chi connectivity index (χ2v) is 5.61. The van der Waals surface area contributed by atoms with Crippen LogP contribution in [-0.4, -0.2) is 35.1 Å². The first-order valence-electron chi connectivity index (χ1n) is 6.71. The highest BCUT2D eigenvalue weighted by Crippen LogP contribution is 2.39. The topological polar surface area (TPSA) is 55.3 Å². The molecule has 3 rings (SSSR count). The van der Waals surface area contributed by atoms with Crippen LogP contribution in [0.25, 0.3) is 5.57 Å². The van der Waals surface area contributed by atoms with Gasteiger partial charge in [0, 0.05) is 31.0 Å². The average Bonchev–Trinajstić information content (AvgIpc) is 2.71. The van der Waals surface area contributed by atoms with Gasteiger partial charge in [-0.25, -0.2) is 4.98 Å². The summed E-state index contributed by atoms with van der Waals surface area (Å²) in [4.78, 5) is 22.8. The molecule has 1 saturated heterocycles. The van der Waals surface area contributed by atoms with Gasteiger partial charge in [0.25, 0.3) is 5.91 Å². The van der Waals surface area contributed by atoms with Crippen molar-refractivity contribution in [3.05, 3.63) is 22.6 Å². The van der Waals surface area contributed by atoms with Crippen LogP contribution in [0.5, 0.6) is 0 Å². The van der Waals surface area contributed by atoms with E-state index < -0.39 is 0 Å². The smallest absolute Gasteiger partial charge is 0.260 e. The molecular formula is C14H16ClN3O2. The van der Waals surface area contributed by atoms with Crippen LogP contribution >= 0.6 is 11.6 Å². The number of rotatable bonds is 1. The van der Waals surface area contributed by atoms with Crippen molar-refractivity contribution in [1.29, 1.82) is 0 Å². The van der Waals surface area contributed by atoms with Crippen LogP contribution in [0.15, 0.2) is 11.8 Å². The fourth-order valence-corrected chi connectivity index (χ4v) is 2.94. The Morgan fingerprint density at radius 3 is 2.75 bits per heavy atom. The summed E-state index contributed by atoms with van der Waals surface area (Å²) in [6.07, 6.45) is 3.29. The molecule has 3 heterocycles. The predicted molar refractivity (Wildman–Crippen MR) is 76.6 cm³/mol. The summed E-state index contributed by atoms with van der Waals surface area (Å²) in [5, 5.41) is 0.170. The number of anilines is 1. The largest absolute Gasteiger partial charge is 0.381 e. The summed E-state index contributed by atoms with van der Waals surface area (Å²) in [7, 11) is 0. The van der Waals surface area contributed by atoms with E-state index in [9.17, 15) is 4.79 Å². The van der Waals surface area contributed by atoms with Crippen LogP contribution < -0.4 is 4.90 Å². The van der Waals surface area contributed by atoms with Gasteiger partial charge in [0.1, 0.15) is 5.82 Å². The summed E-state index contributed by atoms with van der Waals surface area (Å²) < 4.78 is 5.37. The molecule has 2 aliphatic rings. The van der Waals surface area contributed by atoms with Gasteiger partial charge in [0.05, 0.1) is 5.57 Å². The third-order valence-electron chi connectivity index (χ3n) is 3.73. The Labute approximate surface area is 122 Å². The van der Waals surface area contributed by atoms with Gasteiger partial charge in [-0.2, -0.15) is 4.98 Å². The van der Waals surface area contributed by atoms with Crippen LogP contribution in [0, 0.1) is 0 Å². The normalized spacial score (nSPS) is 19.4. The Bertz CT molecular complexity index is 590. The number of aromatic nitrogens is 2. The quantitative estimate of drug-likeness (QED) is 0.589. The Morgan fingerprint density at radius 1 is 1.40 bits per heavy atom. The van der Waals surface area contributed by atoms with Gasteiger partial charge in [0.15, 0.2) is 0 Å². The molecule has 1 aromatic rings. The minimum atomic E-state index is 0.00321. The average molecular weight is 294 g/mol. The molecule has 0 N–H and O–H groups in total. The molecule has 0 bridgehead atoms. The fraction of sp³-hybridized carbons (Fsp3) is 0.500. The van der Waals surface area contributed by atoms with Crippen molar-refractivity contribution in [1.82, 2.24) is 9.97 Å². The molecule has 5 nitrogen and oxygen atoms in total. The van der Waals surface area contributed by atoms with Crippen LogP contribution in [-0.2, 0) is 9.53 Å². The van der Waals surface area contributed by atoms with Crippen molar-refractivity contribution in [2.45, 2.75) is 32.7 Å². The third-order valence-corrected chi connectivity index (χ3v) is 3.91. The van der Waals surface area contributed by atoms with Crippen LogP contribution in [0.3, 0.4) is 0 Å². The molecular weight excluding hydrogens is 278 g/mol. The fourth-order valence-electron chi connectivity index (χ4n) is 2.81. The predicted octanol–water partition coefficient (Wildman–Crippen LogP) is 2.45. The first-order chi connectivity index (χ1) is 9.59. The highest BCUT2D eigenvalue weighted by Gasteiger charge is 2.39. The second kappa shape index (κ2) is 5.14. The van der Waals surface area contributed by atoms with E-state index in [1.165, 1.54) is 0 Å². The lowest BCUT2D eigenvalue weighted by Crippen LogP contribution is -2.41. The van der Waals surface area contributed by atoms with E-state index in [0.29, 0.717) is 24.6 Å². The number of carbonyl (C=O) groups is 1. The Hall–Kier alpha value is -1.46. The first kappa shape index (κ1) is 13.5. The molecule has 1 fully saturated rings. The molecule has 20 heavy (non-hydrogen) atoms. The molecule has 0 atom stereocenters. The van der Waals surface area contributed by atoms with Crippen molar-refractivity contribution in [2.75, 3.05) is 18.1 Å². The molecule has 0 aliphatic carbocycles. The van der Waals surface area contributed by atoms with Crippen LogP contribution in [0.4, 0.5) is 5.82 Å². The van der Waals surface area contributed by atoms with E-state index in [4.69, 9.17) is 16.3 Å².